The van der Waals surface area contributed by atoms with Gasteiger partial charge in [-0.2, -0.15) is 5.10 Å². The fourth-order valence-corrected chi connectivity index (χ4v) is 2.94. The quantitative estimate of drug-likeness (QED) is 0.756. The summed E-state index contributed by atoms with van der Waals surface area (Å²) in [6.45, 7) is 6.73. The van der Waals surface area contributed by atoms with Crippen LogP contribution in [0.25, 0.3) is 11.0 Å². The van der Waals surface area contributed by atoms with Crippen LogP contribution in [0.3, 0.4) is 0 Å². The molecule has 0 bridgehead atoms. The Bertz CT molecular complexity index is 994. The molecule has 0 spiro atoms. The maximum absolute atomic E-state index is 12.9. The molecule has 4 rings (SSSR count). The van der Waals surface area contributed by atoms with Crippen LogP contribution in [-0.4, -0.2) is 34.3 Å². The molecule has 2 aromatic heterocycles. The van der Waals surface area contributed by atoms with E-state index in [-0.39, 0.29) is 5.91 Å². The van der Waals surface area contributed by atoms with E-state index in [1.165, 1.54) is 0 Å². The predicted molar refractivity (Wildman–Crippen MR) is 97.7 cm³/mol. The lowest BCUT2D eigenvalue weighted by molar-refractivity contribution is -0.120. The van der Waals surface area contributed by atoms with E-state index in [1.807, 2.05) is 45.0 Å². The second-order valence-corrected chi connectivity index (χ2v) is 6.88. The zero-order chi connectivity index (χ0) is 18.3. The van der Waals surface area contributed by atoms with E-state index in [1.54, 1.807) is 6.20 Å². The average Bonchev–Trinajstić information content (AvgIpc) is 3.02. The number of anilines is 1. The van der Waals surface area contributed by atoms with Crippen molar-refractivity contribution in [2.24, 2.45) is 0 Å². The first-order valence-corrected chi connectivity index (χ1v) is 8.47. The van der Waals surface area contributed by atoms with Gasteiger partial charge in [0, 0.05) is 11.1 Å². The zero-order valence-corrected chi connectivity index (χ0v) is 14.9. The van der Waals surface area contributed by atoms with E-state index in [0.29, 0.717) is 36.0 Å². The maximum Gasteiger partial charge on any atom is 0.234 e. The van der Waals surface area contributed by atoms with E-state index in [2.05, 4.69) is 20.5 Å². The molecule has 0 fully saturated rings. The molecule has 0 radical (unpaired) electrons. The minimum absolute atomic E-state index is 0.128. The second-order valence-electron chi connectivity index (χ2n) is 6.88. The number of benzene rings is 1. The van der Waals surface area contributed by atoms with Crippen LogP contribution >= 0.6 is 0 Å². The molecule has 1 aliphatic rings. The lowest BCUT2D eigenvalue weighted by Crippen LogP contribution is -2.35. The monoisotopic (exact) mass is 352 g/mol. The molecule has 2 N–H and O–H groups in total. The summed E-state index contributed by atoms with van der Waals surface area (Å²) < 4.78 is 11.2. The number of aromatic amines is 1. The van der Waals surface area contributed by atoms with Crippen LogP contribution in [0, 0.1) is 6.92 Å². The van der Waals surface area contributed by atoms with Gasteiger partial charge in [0.1, 0.15) is 13.2 Å². The maximum atomic E-state index is 12.9. The molecule has 0 unspecified atom stereocenters. The molecule has 1 amide bonds. The summed E-state index contributed by atoms with van der Waals surface area (Å²) in [4.78, 5) is 17.2. The first-order valence-electron chi connectivity index (χ1n) is 8.47. The summed E-state index contributed by atoms with van der Waals surface area (Å²) in [5, 5.41) is 10.8. The Balaban J connectivity index is 1.60. The third-order valence-electron chi connectivity index (χ3n) is 4.69. The molecule has 3 aromatic rings. The highest BCUT2D eigenvalue weighted by Crippen LogP contribution is 2.35. The molecule has 0 saturated heterocycles. The Morgan fingerprint density at radius 3 is 2.77 bits per heavy atom. The first kappa shape index (κ1) is 16.4. The van der Waals surface area contributed by atoms with Gasteiger partial charge in [-0.3, -0.25) is 9.89 Å². The Morgan fingerprint density at radius 1 is 1.19 bits per heavy atom. The number of aryl methyl sites for hydroxylation is 1. The van der Waals surface area contributed by atoms with Gasteiger partial charge in [0.25, 0.3) is 0 Å². The number of hydrogen-bond acceptors (Lipinski definition) is 5. The molecule has 1 aliphatic heterocycles. The van der Waals surface area contributed by atoms with Crippen molar-refractivity contribution in [1.29, 1.82) is 0 Å². The number of amides is 1. The fourth-order valence-electron chi connectivity index (χ4n) is 2.94. The van der Waals surface area contributed by atoms with E-state index >= 15 is 0 Å². The smallest absolute Gasteiger partial charge is 0.234 e. The van der Waals surface area contributed by atoms with Crippen molar-refractivity contribution in [3.63, 3.8) is 0 Å². The van der Waals surface area contributed by atoms with Crippen LogP contribution in [0.5, 0.6) is 11.5 Å². The van der Waals surface area contributed by atoms with Crippen LogP contribution in [-0.2, 0) is 10.2 Å². The fraction of sp³-hybridized carbons (Fsp3) is 0.316. The van der Waals surface area contributed by atoms with Crippen molar-refractivity contribution in [2.75, 3.05) is 18.5 Å². The molecule has 1 aromatic carbocycles. The molecule has 0 atom stereocenters. The normalized spacial score (nSPS) is 13.7. The second kappa shape index (κ2) is 6.01. The number of hydrogen-bond donors (Lipinski definition) is 2. The first-order chi connectivity index (χ1) is 12.4. The van der Waals surface area contributed by atoms with Crippen LogP contribution in [0.1, 0.15) is 25.1 Å². The topological polar surface area (TPSA) is 89.1 Å². The standard InChI is InChI=1S/C19H20N4O3/c1-11-14-9-13(10-20-17(14)23-22-11)21-18(24)19(2,3)12-4-5-15-16(8-12)26-7-6-25-15/h4-5,8-10H,6-7H2,1-3H3,(H,21,24)(H,20,22,23). The van der Waals surface area contributed by atoms with E-state index in [9.17, 15) is 4.79 Å². The van der Waals surface area contributed by atoms with Crippen LogP contribution in [0.15, 0.2) is 30.5 Å². The van der Waals surface area contributed by atoms with Crippen molar-refractivity contribution in [2.45, 2.75) is 26.2 Å². The van der Waals surface area contributed by atoms with Crippen LogP contribution < -0.4 is 14.8 Å². The Labute approximate surface area is 150 Å². The van der Waals surface area contributed by atoms with Gasteiger partial charge in [-0.25, -0.2) is 4.98 Å². The van der Waals surface area contributed by atoms with Gasteiger partial charge in [-0.05, 0) is 44.5 Å². The third-order valence-corrected chi connectivity index (χ3v) is 4.69. The van der Waals surface area contributed by atoms with Gasteiger partial charge >= 0.3 is 0 Å². The summed E-state index contributed by atoms with van der Waals surface area (Å²) in [6.07, 6.45) is 1.61. The lowest BCUT2D eigenvalue weighted by atomic mass is 9.83. The minimum atomic E-state index is -0.754. The molecular formula is C19H20N4O3. The van der Waals surface area contributed by atoms with E-state index in [4.69, 9.17) is 9.47 Å². The van der Waals surface area contributed by atoms with Crippen molar-refractivity contribution in [1.82, 2.24) is 15.2 Å². The van der Waals surface area contributed by atoms with Crippen LogP contribution in [0.2, 0.25) is 0 Å². The molecule has 0 saturated carbocycles. The van der Waals surface area contributed by atoms with E-state index in [0.717, 1.165) is 16.6 Å². The van der Waals surface area contributed by atoms with Gasteiger partial charge in [0.05, 0.1) is 17.3 Å². The highest BCUT2D eigenvalue weighted by atomic mass is 16.6. The number of ether oxygens (including phenoxy) is 2. The Kier molecular flexibility index (Phi) is 3.79. The van der Waals surface area contributed by atoms with Crippen molar-refractivity contribution < 1.29 is 14.3 Å². The summed E-state index contributed by atoms with van der Waals surface area (Å²) in [6, 6.07) is 7.49. The summed E-state index contributed by atoms with van der Waals surface area (Å²) in [5.41, 5.74) is 2.28. The number of pyridine rings is 1. The minimum Gasteiger partial charge on any atom is -0.486 e. The summed E-state index contributed by atoms with van der Waals surface area (Å²) >= 11 is 0. The predicted octanol–water partition coefficient (Wildman–Crippen LogP) is 2.95. The third kappa shape index (κ3) is 2.75. The van der Waals surface area contributed by atoms with E-state index < -0.39 is 5.41 Å². The van der Waals surface area contributed by atoms with Gasteiger partial charge in [-0.15, -0.1) is 0 Å². The number of aromatic nitrogens is 3. The van der Waals surface area contributed by atoms with Crippen LogP contribution in [0.4, 0.5) is 5.69 Å². The largest absolute Gasteiger partial charge is 0.486 e. The SMILES string of the molecule is Cc1[nH]nc2ncc(NC(=O)C(C)(C)c3ccc4c(c3)OCCO4)cc12. The van der Waals surface area contributed by atoms with Gasteiger partial charge in [0.15, 0.2) is 17.1 Å². The Hall–Kier alpha value is -3.09. The van der Waals surface area contributed by atoms with Gasteiger partial charge in [-0.1, -0.05) is 6.07 Å². The molecule has 3 heterocycles. The van der Waals surface area contributed by atoms with Crippen molar-refractivity contribution >= 4 is 22.6 Å². The summed E-state index contributed by atoms with van der Waals surface area (Å²) in [5.74, 6) is 1.25. The molecule has 0 aliphatic carbocycles. The molecule has 134 valence electrons. The van der Waals surface area contributed by atoms with Gasteiger partial charge in [0.2, 0.25) is 5.91 Å². The number of fused-ring (bicyclic) bond motifs is 2. The number of nitrogens with one attached hydrogen (secondary N) is 2. The molecular weight excluding hydrogens is 332 g/mol. The number of rotatable bonds is 3. The molecule has 7 heteroatoms. The number of carbonyl (C=O) groups excluding carboxylic acids is 1. The highest BCUT2D eigenvalue weighted by Gasteiger charge is 2.31. The Morgan fingerprint density at radius 2 is 1.96 bits per heavy atom. The zero-order valence-electron chi connectivity index (χ0n) is 14.9. The molecule has 26 heavy (non-hydrogen) atoms. The average molecular weight is 352 g/mol. The number of carbonyl (C=O) groups is 1. The summed E-state index contributed by atoms with van der Waals surface area (Å²) in [7, 11) is 0. The molecule has 7 nitrogen and oxygen atoms in total. The highest BCUT2D eigenvalue weighted by molar-refractivity contribution is 5.99. The van der Waals surface area contributed by atoms with Crippen molar-refractivity contribution in [3.05, 3.63) is 41.7 Å². The lowest BCUT2D eigenvalue weighted by Gasteiger charge is -2.26. The van der Waals surface area contributed by atoms with Crippen molar-refractivity contribution in [3.8, 4) is 11.5 Å². The number of nitrogens with zero attached hydrogens (tertiary/aromatic N) is 2. The number of H-pyrrole nitrogens is 1. The van der Waals surface area contributed by atoms with Gasteiger partial charge < -0.3 is 14.8 Å².